The Hall–Kier alpha value is -3.39. The van der Waals surface area contributed by atoms with Gasteiger partial charge in [-0.1, -0.05) is 12.1 Å². The number of para-hydroxylation sites is 2. The van der Waals surface area contributed by atoms with Gasteiger partial charge in [0.1, 0.15) is 18.0 Å². The third-order valence-corrected chi connectivity index (χ3v) is 5.99. The van der Waals surface area contributed by atoms with Crippen molar-refractivity contribution in [2.45, 2.75) is 33.8 Å². The van der Waals surface area contributed by atoms with Gasteiger partial charge >= 0.3 is 0 Å². The number of nitrogens with one attached hydrogen (secondary N) is 1. The average molecular weight is 452 g/mol. The Balaban J connectivity index is 1.63. The molecule has 1 aromatic heterocycles. The van der Waals surface area contributed by atoms with Crippen LogP contribution in [-0.2, 0) is 9.59 Å². The molecule has 2 amide bonds. The molecule has 0 bridgehead atoms. The summed E-state index contributed by atoms with van der Waals surface area (Å²) in [5.74, 6) is 0.556. The number of nitrogens with zero attached hydrogens (tertiary/aromatic N) is 2. The standard InChI is InChI=1S/C24H25N3O4S/c1-5-30-20-9-7-6-8-18(20)26-22(28)13-27-19-12-17(23-15(3)32-16(4)25-23)10-11-21(19)31-14(2)24(27)29/h6-12,14H,5,13H2,1-4H3,(H,26,28). The zero-order valence-electron chi connectivity index (χ0n) is 18.5. The van der Waals surface area contributed by atoms with Gasteiger partial charge in [-0.25, -0.2) is 4.98 Å². The zero-order valence-corrected chi connectivity index (χ0v) is 19.3. The van der Waals surface area contributed by atoms with Crippen LogP contribution in [0.15, 0.2) is 42.5 Å². The van der Waals surface area contributed by atoms with Crippen molar-refractivity contribution in [3.05, 3.63) is 52.3 Å². The van der Waals surface area contributed by atoms with Gasteiger partial charge in [-0.05, 0) is 58.0 Å². The number of hydrogen-bond acceptors (Lipinski definition) is 6. The lowest BCUT2D eigenvalue weighted by atomic mass is 10.1. The van der Waals surface area contributed by atoms with Gasteiger partial charge in [-0.3, -0.25) is 14.5 Å². The summed E-state index contributed by atoms with van der Waals surface area (Å²) in [4.78, 5) is 33.0. The second-order valence-corrected chi connectivity index (χ2v) is 8.89. The fourth-order valence-corrected chi connectivity index (χ4v) is 4.54. The molecule has 166 valence electrons. The summed E-state index contributed by atoms with van der Waals surface area (Å²) in [5.41, 5.74) is 2.87. The molecule has 3 aromatic rings. The highest BCUT2D eigenvalue weighted by Gasteiger charge is 2.33. The van der Waals surface area contributed by atoms with Crippen LogP contribution < -0.4 is 19.7 Å². The maximum absolute atomic E-state index is 12.9. The highest BCUT2D eigenvalue weighted by Crippen LogP contribution is 2.38. The van der Waals surface area contributed by atoms with E-state index in [1.54, 1.807) is 30.4 Å². The first-order chi connectivity index (χ1) is 15.4. The molecule has 0 fully saturated rings. The molecule has 1 aliphatic heterocycles. The lowest BCUT2D eigenvalue weighted by Gasteiger charge is -2.33. The minimum atomic E-state index is -0.680. The maximum Gasteiger partial charge on any atom is 0.268 e. The van der Waals surface area contributed by atoms with E-state index in [0.717, 1.165) is 21.1 Å². The molecule has 0 spiro atoms. The average Bonchev–Trinajstić information content (AvgIpc) is 3.10. The predicted molar refractivity (Wildman–Crippen MR) is 126 cm³/mol. The van der Waals surface area contributed by atoms with Crippen LogP contribution in [0.25, 0.3) is 11.3 Å². The normalized spacial score (nSPS) is 15.2. The van der Waals surface area contributed by atoms with Gasteiger partial charge in [0.05, 0.1) is 28.7 Å². The SMILES string of the molecule is CCOc1ccccc1NC(=O)CN1C(=O)C(C)Oc2ccc(-c3nc(C)sc3C)cc21. The number of amides is 2. The lowest BCUT2D eigenvalue weighted by molar-refractivity contribution is -0.127. The topological polar surface area (TPSA) is 80.8 Å². The third kappa shape index (κ3) is 4.31. The fraction of sp³-hybridized carbons (Fsp3) is 0.292. The molecule has 4 rings (SSSR count). The molecule has 0 aliphatic carbocycles. The number of aryl methyl sites for hydroxylation is 2. The Labute approximate surface area is 191 Å². The number of carbonyl (C=O) groups is 2. The van der Waals surface area contributed by atoms with Crippen molar-refractivity contribution in [2.24, 2.45) is 0 Å². The van der Waals surface area contributed by atoms with E-state index in [2.05, 4.69) is 10.3 Å². The Morgan fingerprint density at radius 3 is 2.75 bits per heavy atom. The molecule has 1 N–H and O–H groups in total. The van der Waals surface area contributed by atoms with Gasteiger partial charge in [0.15, 0.2) is 6.10 Å². The molecule has 32 heavy (non-hydrogen) atoms. The van der Waals surface area contributed by atoms with Crippen molar-refractivity contribution in [1.82, 2.24) is 4.98 Å². The van der Waals surface area contributed by atoms with Gasteiger partial charge in [-0.15, -0.1) is 11.3 Å². The fourth-order valence-electron chi connectivity index (χ4n) is 3.70. The van der Waals surface area contributed by atoms with Crippen LogP contribution in [0.5, 0.6) is 11.5 Å². The molecule has 8 heteroatoms. The van der Waals surface area contributed by atoms with Crippen molar-refractivity contribution in [3.8, 4) is 22.8 Å². The van der Waals surface area contributed by atoms with Crippen molar-refractivity contribution in [1.29, 1.82) is 0 Å². The number of ether oxygens (including phenoxy) is 2. The van der Waals surface area contributed by atoms with Crippen LogP contribution in [-0.4, -0.2) is 36.1 Å². The van der Waals surface area contributed by atoms with Gasteiger partial charge in [0, 0.05) is 10.4 Å². The first-order valence-electron chi connectivity index (χ1n) is 10.5. The number of aromatic nitrogens is 1. The number of rotatable bonds is 6. The minimum Gasteiger partial charge on any atom is -0.492 e. The number of anilines is 2. The number of benzene rings is 2. The summed E-state index contributed by atoms with van der Waals surface area (Å²) >= 11 is 1.62. The van der Waals surface area contributed by atoms with Crippen LogP contribution >= 0.6 is 11.3 Å². The molecule has 1 aliphatic rings. The van der Waals surface area contributed by atoms with Crippen LogP contribution in [0.2, 0.25) is 0 Å². The van der Waals surface area contributed by atoms with Gasteiger partial charge in [0.2, 0.25) is 5.91 Å². The summed E-state index contributed by atoms with van der Waals surface area (Å²) in [6, 6.07) is 12.8. The third-order valence-electron chi connectivity index (χ3n) is 5.11. The van der Waals surface area contributed by atoms with Crippen molar-refractivity contribution < 1.29 is 19.1 Å². The smallest absolute Gasteiger partial charge is 0.268 e. The number of carbonyl (C=O) groups excluding carboxylic acids is 2. The van der Waals surface area contributed by atoms with Gasteiger partial charge in [-0.2, -0.15) is 0 Å². The van der Waals surface area contributed by atoms with Crippen molar-refractivity contribution >= 4 is 34.5 Å². The number of thiazole rings is 1. The van der Waals surface area contributed by atoms with E-state index in [0.29, 0.717) is 29.5 Å². The number of fused-ring (bicyclic) bond motifs is 1. The molecular weight excluding hydrogens is 426 g/mol. The van der Waals surface area contributed by atoms with E-state index < -0.39 is 6.10 Å². The van der Waals surface area contributed by atoms with E-state index in [9.17, 15) is 9.59 Å². The van der Waals surface area contributed by atoms with Crippen molar-refractivity contribution in [3.63, 3.8) is 0 Å². The highest BCUT2D eigenvalue weighted by atomic mass is 32.1. The molecule has 1 unspecified atom stereocenters. The quantitative estimate of drug-likeness (QED) is 0.593. The van der Waals surface area contributed by atoms with Crippen LogP contribution in [0.4, 0.5) is 11.4 Å². The van der Waals surface area contributed by atoms with Crippen LogP contribution in [0.3, 0.4) is 0 Å². The van der Waals surface area contributed by atoms with Crippen LogP contribution in [0, 0.1) is 13.8 Å². The molecule has 7 nitrogen and oxygen atoms in total. The van der Waals surface area contributed by atoms with E-state index in [1.807, 2.05) is 51.1 Å². The Bertz CT molecular complexity index is 1170. The Morgan fingerprint density at radius 2 is 2.03 bits per heavy atom. The van der Waals surface area contributed by atoms with Gasteiger partial charge < -0.3 is 14.8 Å². The second kappa shape index (κ2) is 9.00. The summed E-state index contributed by atoms with van der Waals surface area (Å²) in [6.45, 7) is 7.89. The highest BCUT2D eigenvalue weighted by molar-refractivity contribution is 7.11. The summed E-state index contributed by atoms with van der Waals surface area (Å²) in [7, 11) is 0. The van der Waals surface area contributed by atoms with Gasteiger partial charge in [0.25, 0.3) is 5.91 Å². The van der Waals surface area contributed by atoms with Crippen molar-refractivity contribution in [2.75, 3.05) is 23.4 Å². The minimum absolute atomic E-state index is 0.140. The lowest BCUT2D eigenvalue weighted by Crippen LogP contribution is -2.47. The van der Waals surface area contributed by atoms with E-state index in [1.165, 1.54) is 4.90 Å². The monoisotopic (exact) mass is 451 g/mol. The summed E-state index contributed by atoms with van der Waals surface area (Å²) in [5, 5.41) is 3.83. The molecule has 0 saturated heterocycles. The molecule has 2 heterocycles. The summed E-state index contributed by atoms with van der Waals surface area (Å²) < 4.78 is 11.4. The molecular formula is C24H25N3O4S. The number of hydrogen-bond donors (Lipinski definition) is 1. The molecule has 1 atom stereocenters. The predicted octanol–water partition coefficient (Wildman–Crippen LogP) is 4.58. The molecule has 2 aromatic carbocycles. The first-order valence-corrected chi connectivity index (χ1v) is 11.3. The van der Waals surface area contributed by atoms with E-state index in [4.69, 9.17) is 9.47 Å². The molecule has 0 saturated carbocycles. The zero-order chi connectivity index (χ0) is 22.8. The van der Waals surface area contributed by atoms with Crippen LogP contribution in [0.1, 0.15) is 23.7 Å². The molecule has 0 radical (unpaired) electrons. The van der Waals surface area contributed by atoms with E-state index in [-0.39, 0.29) is 18.4 Å². The second-order valence-electron chi connectivity index (χ2n) is 7.48. The Kier molecular flexibility index (Phi) is 6.14. The van der Waals surface area contributed by atoms with E-state index >= 15 is 0 Å². The largest absolute Gasteiger partial charge is 0.492 e. The summed E-state index contributed by atoms with van der Waals surface area (Å²) in [6.07, 6.45) is -0.680. The Morgan fingerprint density at radius 1 is 1.25 bits per heavy atom. The maximum atomic E-state index is 12.9. The first kappa shape index (κ1) is 21.8.